The Bertz CT molecular complexity index is 625. The van der Waals surface area contributed by atoms with Gasteiger partial charge in [0.1, 0.15) is 11.9 Å². The molecule has 0 bridgehead atoms. The lowest BCUT2D eigenvalue weighted by atomic mass is 10.2. The second kappa shape index (κ2) is 4.45. The van der Waals surface area contributed by atoms with Crippen LogP contribution < -0.4 is 11.1 Å². The first-order chi connectivity index (χ1) is 8.45. The van der Waals surface area contributed by atoms with E-state index in [9.17, 15) is 9.18 Å². The summed E-state index contributed by atoms with van der Waals surface area (Å²) in [6.07, 6.45) is 0. The van der Waals surface area contributed by atoms with Crippen molar-refractivity contribution in [3.63, 3.8) is 0 Å². The smallest absolute Gasteiger partial charge is 0.242 e. The first-order valence-corrected chi connectivity index (χ1v) is 5.67. The zero-order valence-corrected chi connectivity index (χ0v) is 10.6. The van der Waals surface area contributed by atoms with E-state index >= 15 is 0 Å². The van der Waals surface area contributed by atoms with E-state index in [1.54, 1.807) is 6.92 Å². The van der Waals surface area contributed by atoms with Crippen LogP contribution in [0, 0.1) is 5.82 Å². The molecule has 0 fully saturated rings. The average molecular weight is 271 g/mol. The number of carbonyl (C=O) groups is 1. The minimum absolute atomic E-state index is 0.0345. The lowest BCUT2D eigenvalue weighted by Gasteiger charge is -2.14. The topological polar surface area (TPSA) is 72.9 Å². The van der Waals surface area contributed by atoms with Gasteiger partial charge in [-0.15, -0.1) is 0 Å². The second-order valence-electron chi connectivity index (χ2n) is 3.89. The van der Waals surface area contributed by atoms with Gasteiger partial charge in [0.15, 0.2) is 0 Å². The van der Waals surface area contributed by atoms with Gasteiger partial charge < -0.3 is 11.1 Å². The van der Waals surface area contributed by atoms with Gasteiger partial charge in [-0.1, -0.05) is 11.6 Å². The third kappa shape index (κ3) is 1.88. The summed E-state index contributed by atoms with van der Waals surface area (Å²) in [5, 5.41) is 2.49. The average Bonchev–Trinajstić information content (AvgIpc) is 2.63. The van der Waals surface area contributed by atoms with Crippen LogP contribution >= 0.6 is 11.6 Å². The summed E-state index contributed by atoms with van der Waals surface area (Å²) in [6, 6.07) is 2.05. The van der Waals surface area contributed by atoms with Crippen molar-refractivity contribution < 1.29 is 9.18 Å². The molecular formula is C11H12ClFN4O. The number of anilines is 1. The first kappa shape index (κ1) is 12.6. The van der Waals surface area contributed by atoms with Gasteiger partial charge in [-0.25, -0.2) is 9.37 Å². The molecule has 0 aliphatic carbocycles. The van der Waals surface area contributed by atoms with Gasteiger partial charge >= 0.3 is 0 Å². The third-order valence-electron chi connectivity index (χ3n) is 2.77. The van der Waals surface area contributed by atoms with Crippen LogP contribution in [0.5, 0.6) is 0 Å². The quantitative estimate of drug-likeness (QED) is 0.873. The van der Waals surface area contributed by atoms with E-state index in [0.29, 0.717) is 11.0 Å². The maximum absolute atomic E-state index is 13.3. The van der Waals surface area contributed by atoms with Crippen molar-refractivity contribution in [2.75, 3.05) is 12.8 Å². The van der Waals surface area contributed by atoms with Gasteiger partial charge in [-0.2, -0.15) is 0 Å². The monoisotopic (exact) mass is 270 g/mol. The van der Waals surface area contributed by atoms with Crippen LogP contribution in [0.15, 0.2) is 12.1 Å². The van der Waals surface area contributed by atoms with Crippen LogP contribution in [-0.4, -0.2) is 22.5 Å². The van der Waals surface area contributed by atoms with Crippen LogP contribution in [0.3, 0.4) is 0 Å². The molecule has 0 radical (unpaired) electrons. The molecular weight excluding hydrogens is 259 g/mol. The number of amides is 1. The predicted molar refractivity (Wildman–Crippen MR) is 67.9 cm³/mol. The summed E-state index contributed by atoms with van der Waals surface area (Å²) >= 11 is 5.73. The largest absolute Gasteiger partial charge is 0.369 e. The highest BCUT2D eigenvalue weighted by atomic mass is 35.5. The molecule has 7 heteroatoms. The Labute approximate surface area is 108 Å². The van der Waals surface area contributed by atoms with E-state index in [2.05, 4.69) is 10.3 Å². The molecule has 0 spiro atoms. The van der Waals surface area contributed by atoms with Crippen molar-refractivity contribution in [2.45, 2.75) is 13.0 Å². The summed E-state index contributed by atoms with van der Waals surface area (Å²) in [7, 11) is 1.53. The molecule has 0 aliphatic rings. The summed E-state index contributed by atoms with van der Waals surface area (Å²) in [6.45, 7) is 1.67. The van der Waals surface area contributed by atoms with E-state index in [1.165, 1.54) is 23.7 Å². The SMILES string of the molecule is CNC(=O)C(C)n1c(N)nc2cc(F)c(Cl)cc21. The molecule has 2 rings (SSSR count). The summed E-state index contributed by atoms with van der Waals surface area (Å²) in [5.41, 5.74) is 6.64. The van der Waals surface area contributed by atoms with Crippen LogP contribution in [0.2, 0.25) is 5.02 Å². The van der Waals surface area contributed by atoms with Gasteiger partial charge in [0, 0.05) is 13.1 Å². The highest BCUT2D eigenvalue weighted by Crippen LogP contribution is 2.27. The van der Waals surface area contributed by atoms with E-state index in [-0.39, 0.29) is 16.9 Å². The van der Waals surface area contributed by atoms with E-state index in [0.717, 1.165) is 0 Å². The molecule has 1 atom stereocenters. The summed E-state index contributed by atoms with van der Waals surface area (Å²) < 4.78 is 14.8. The van der Waals surface area contributed by atoms with Crippen LogP contribution in [0.1, 0.15) is 13.0 Å². The van der Waals surface area contributed by atoms with Crippen molar-refractivity contribution in [2.24, 2.45) is 0 Å². The molecule has 18 heavy (non-hydrogen) atoms. The Morgan fingerprint density at radius 2 is 2.28 bits per heavy atom. The number of nitrogen functional groups attached to an aromatic ring is 1. The van der Waals surface area contributed by atoms with Gasteiger partial charge in [0.2, 0.25) is 11.9 Å². The maximum atomic E-state index is 13.3. The van der Waals surface area contributed by atoms with Gasteiger partial charge in [-0.05, 0) is 13.0 Å². The third-order valence-corrected chi connectivity index (χ3v) is 3.06. The highest BCUT2D eigenvalue weighted by Gasteiger charge is 2.20. The molecule has 1 aromatic heterocycles. The molecule has 1 aromatic carbocycles. The lowest BCUT2D eigenvalue weighted by molar-refractivity contribution is -0.123. The summed E-state index contributed by atoms with van der Waals surface area (Å²) in [5.74, 6) is -0.648. The van der Waals surface area contributed by atoms with Crippen LogP contribution in [-0.2, 0) is 4.79 Å². The molecule has 1 unspecified atom stereocenters. The van der Waals surface area contributed by atoms with Gasteiger partial charge in [0.05, 0.1) is 16.1 Å². The van der Waals surface area contributed by atoms with Crippen molar-refractivity contribution in [1.82, 2.24) is 14.9 Å². The molecule has 1 heterocycles. The normalized spacial score (nSPS) is 12.7. The number of nitrogens with zero attached hydrogens (tertiary/aromatic N) is 2. The molecule has 5 nitrogen and oxygen atoms in total. The fourth-order valence-electron chi connectivity index (χ4n) is 1.84. The molecule has 0 saturated heterocycles. The van der Waals surface area contributed by atoms with Crippen molar-refractivity contribution in [3.8, 4) is 0 Å². The molecule has 0 saturated carbocycles. The van der Waals surface area contributed by atoms with Gasteiger partial charge in [-0.3, -0.25) is 9.36 Å². The Kier molecular flexibility index (Phi) is 3.13. The number of fused-ring (bicyclic) bond motifs is 1. The number of hydrogen-bond donors (Lipinski definition) is 2. The maximum Gasteiger partial charge on any atom is 0.242 e. The number of rotatable bonds is 2. The van der Waals surface area contributed by atoms with Crippen molar-refractivity contribution >= 4 is 34.5 Å². The number of nitrogens with two attached hydrogens (primary N) is 1. The number of likely N-dealkylation sites (N-methyl/N-ethyl adjacent to an activating group) is 1. The zero-order valence-electron chi connectivity index (χ0n) is 9.87. The van der Waals surface area contributed by atoms with Crippen LogP contribution in [0.25, 0.3) is 11.0 Å². The van der Waals surface area contributed by atoms with E-state index < -0.39 is 11.9 Å². The minimum atomic E-state index is -0.568. The molecule has 1 amide bonds. The molecule has 96 valence electrons. The number of aromatic nitrogens is 2. The van der Waals surface area contributed by atoms with Crippen LogP contribution in [0.4, 0.5) is 10.3 Å². The molecule has 3 N–H and O–H groups in total. The fourth-order valence-corrected chi connectivity index (χ4v) is 2.00. The van der Waals surface area contributed by atoms with E-state index in [1.807, 2.05) is 0 Å². The summed E-state index contributed by atoms with van der Waals surface area (Å²) in [4.78, 5) is 15.7. The Hall–Kier alpha value is -1.82. The van der Waals surface area contributed by atoms with E-state index in [4.69, 9.17) is 17.3 Å². The van der Waals surface area contributed by atoms with Gasteiger partial charge in [0.25, 0.3) is 0 Å². The van der Waals surface area contributed by atoms with Crippen molar-refractivity contribution in [1.29, 1.82) is 0 Å². The standard InChI is InChI=1S/C11H12ClFN4O/c1-5(10(18)15-2)17-9-3-6(12)7(13)4-8(9)16-11(17)14/h3-5H,1-2H3,(H2,14,16)(H,15,18). The number of nitrogens with one attached hydrogen (secondary N) is 1. The zero-order chi connectivity index (χ0) is 13.4. The number of halogens is 2. The highest BCUT2D eigenvalue weighted by molar-refractivity contribution is 6.31. The van der Waals surface area contributed by atoms with Crippen molar-refractivity contribution in [3.05, 3.63) is 23.0 Å². The Balaban J connectivity index is 2.67. The number of benzene rings is 1. The lowest BCUT2D eigenvalue weighted by Crippen LogP contribution is -2.28. The number of hydrogen-bond acceptors (Lipinski definition) is 3. The second-order valence-corrected chi connectivity index (χ2v) is 4.29. The molecule has 0 aliphatic heterocycles. The number of imidazole rings is 1. The number of carbonyl (C=O) groups excluding carboxylic acids is 1. The molecule has 2 aromatic rings. The first-order valence-electron chi connectivity index (χ1n) is 5.29. The predicted octanol–water partition coefficient (Wildman–Crippen LogP) is 1.72. The Morgan fingerprint density at radius 1 is 1.61 bits per heavy atom. The minimum Gasteiger partial charge on any atom is -0.369 e. The fraction of sp³-hybridized carbons (Fsp3) is 0.273. The Morgan fingerprint density at radius 3 is 2.89 bits per heavy atom.